The second-order valence-electron chi connectivity index (χ2n) is 7.32. The van der Waals surface area contributed by atoms with Gasteiger partial charge in [-0.05, 0) is 43.9 Å². The van der Waals surface area contributed by atoms with Crippen molar-refractivity contribution in [3.05, 3.63) is 90.6 Å². The number of nitrogens with zero attached hydrogens (tertiary/aromatic N) is 2. The molecule has 0 aliphatic carbocycles. The van der Waals surface area contributed by atoms with Gasteiger partial charge >= 0.3 is 0 Å². The molecule has 0 amide bonds. The van der Waals surface area contributed by atoms with Crippen LogP contribution in [0.25, 0.3) is 28.1 Å². The highest BCUT2D eigenvalue weighted by Gasteiger charge is 2.27. The van der Waals surface area contributed by atoms with Crippen molar-refractivity contribution in [2.45, 2.75) is 11.3 Å². The molecule has 1 aromatic heterocycles. The summed E-state index contributed by atoms with van der Waals surface area (Å²) >= 11 is 0. The van der Waals surface area contributed by atoms with Crippen LogP contribution in [0.15, 0.2) is 89.8 Å². The molecular formula is C25H25F2N3O2S. The Bertz CT molecular complexity index is 1290. The molecule has 0 aliphatic rings. The van der Waals surface area contributed by atoms with E-state index in [-0.39, 0.29) is 10.6 Å². The molecule has 0 atom stereocenters. The summed E-state index contributed by atoms with van der Waals surface area (Å²) in [5, 5.41) is 7.00. The molecule has 0 bridgehead atoms. The summed E-state index contributed by atoms with van der Waals surface area (Å²) < 4.78 is 53.2. The topological polar surface area (TPSA) is 64.0 Å². The first-order valence-electron chi connectivity index (χ1n) is 10.2. The number of para-hydroxylation sites is 1. The van der Waals surface area contributed by atoms with Gasteiger partial charge in [0.05, 0.1) is 16.3 Å². The van der Waals surface area contributed by atoms with Crippen LogP contribution < -0.4 is 5.32 Å². The zero-order valence-corrected chi connectivity index (χ0v) is 19.4. The van der Waals surface area contributed by atoms with Crippen LogP contribution in [0.5, 0.6) is 0 Å². The number of sulfone groups is 1. The fourth-order valence-corrected chi connectivity index (χ4v) is 3.99. The normalized spacial score (nSPS) is 11.2. The van der Waals surface area contributed by atoms with Crippen molar-refractivity contribution in [1.29, 1.82) is 0 Å². The monoisotopic (exact) mass is 469 g/mol. The molecule has 0 aliphatic heterocycles. The van der Waals surface area contributed by atoms with E-state index >= 15 is 0 Å². The second-order valence-corrected chi connectivity index (χ2v) is 9.34. The lowest BCUT2D eigenvalue weighted by Gasteiger charge is -2.11. The number of rotatable bonds is 5. The zero-order valence-electron chi connectivity index (χ0n) is 18.5. The van der Waals surface area contributed by atoms with Crippen molar-refractivity contribution in [1.82, 2.24) is 15.1 Å². The number of halogens is 2. The Hall–Kier alpha value is -3.36. The van der Waals surface area contributed by atoms with Crippen LogP contribution in [0.2, 0.25) is 0 Å². The molecule has 5 nitrogen and oxygen atoms in total. The predicted molar refractivity (Wildman–Crippen MR) is 127 cm³/mol. The van der Waals surface area contributed by atoms with Gasteiger partial charge in [-0.3, -0.25) is 0 Å². The number of nitrogens with one attached hydrogen (secondary N) is 1. The molecule has 0 fully saturated rings. The van der Waals surface area contributed by atoms with Crippen LogP contribution >= 0.6 is 0 Å². The van der Waals surface area contributed by atoms with Crippen molar-refractivity contribution < 1.29 is 17.2 Å². The maximum atomic E-state index is 14.0. The Balaban J connectivity index is 0.000000968. The van der Waals surface area contributed by atoms with Crippen molar-refractivity contribution >= 4 is 9.84 Å². The minimum Gasteiger partial charge on any atom is -0.323 e. The van der Waals surface area contributed by atoms with E-state index in [2.05, 4.69) is 10.4 Å². The molecule has 8 heteroatoms. The lowest BCUT2D eigenvalue weighted by atomic mass is 9.98. The van der Waals surface area contributed by atoms with Crippen molar-refractivity contribution in [2.24, 2.45) is 0 Å². The van der Waals surface area contributed by atoms with Gasteiger partial charge in [0.25, 0.3) is 6.43 Å². The van der Waals surface area contributed by atoms with Gasteiger partial charge in [-0.15, -0.1) is 0 Å². The fourth-order valence-electron chi connectivity index (χ4n) is 3.36. The van der Waals surface area contributed by atoms with Crippen LogP contribution in [-0.2, 0) is 9.84 Å². The highest BCUT2D eigenvalue weighted by atomic mass is 32.2. The first-order chi connectivity index (χ1) is 15.8. The van der Waals surface area contributed by atoms with E-state index in [1.807, 2.05) is 26.2 Å². The number of hydrogen-bond acceptors (Lipinski definition) is 4. The maximum absolute atomic E-state index is 14.0. The van der Waals surface area contributed by atoms with Crippen LogP contribution in [0.3, 0.4) is 0 Å². The molecule has 1 N–H and O–H groups in total. The molecule has 0 saturated carbocycles. The van der Waals surface area contributed by atoms with Gasteiger partial charge in [0.2, 0.25) is 0 Å². The van der Waals surface area contributed by atoms with Crippen molar-refractivity contribution in [2.75, 3.05) is 20.4 Å². The largest absolute Gasteiger partial charge is 0.323 e. The SMILES string of the molecule is CNC.CS(=O)(=O)c1ccc(-c2c(-c3ccccc3)c(C(F)F)nn2-c2ccccc2)cc1. The number of hydrogen-bond donors (Lipinski definition) is 1. The number of aromatic nitrogens is 2. The van der Waals surface area contributed by atoms with Gasteiger partial charge in [-0.1, -0.05) is 60.7 Å². The second kappa shape index (κ2) is 10.5. The highest BCUT2D eigenvalue weighted by molar-refractivity contribution is 7.90. The minimum absolute atomic E-state index is 0.160. The third-order valence-electron chi connectivity index (χ3n) is 4.74. The molecule has 0 saturated heterocycles. The highest BCUT2D eigenvalue weighted by Crippen LogP contribution is 2.40. The van der Waals surface area contributed by atoms with Crippen LogP contribution in [0.1, 0.15) is 12.1 Å². The average Bonchev–Trinajstić information content (AvgIpc) is 3.21. The molecule has 4 aromatic rings. The van der Waals surface area contributed by atoms with E-state index in [0.717, 1.165) is 6.26 Å². The van der Waals surface area contributed by atoms with E-state index in [0.29, 0.717) is 28.1 Å². The summed E-state index contributed by atoms with van der Waals surface area (Å²) in [7, 11) is 0.373. The van der Waals surface area contributed by atoms with Crippen LogP contribution in [-0.4, -0.2) is 38.5 Å². The van der Waals surface area contributed by atoms with E-state index in [4.69, 9.17) is 0 Å². The van der Waals surface area contributed by atoms with Gasteiger partial charge in [-0.2, -0.15) is 5.10 Å². The molecule has 33 heavy (non-hydrogen) atoms. The summed E-state index contributed by atoms with van der Waals surface area (Å²) in [6.07, 6.45) is -1.65. The summed E-state index contributed by atoms with van der Waals surface area (Å²) in [4.78, 5) is 0.160. The Morgan fingerprint density at radius 1 is 0.818 bits per heavy atom. The van der Waals surface area contributed by atoms with Gasteiger partial charge in [-0.25, -0.2) is 21.9 Å². The molecule has 172 valence electrons. The summed E-state index contributed by atoms with van der Waals surface area (Å²) in [6, 6.07) is 24.1. The van der Waals surface area contributed by atoms with E-state index in [9.17, 15) is 17.2 Å². The molecule has 0 spiro atoms. The van der Waals surface area contributed by atoms with Crippen molar-refractivity contribution in [3.63, 3.8) is 0 Å². The third kappa shape index (κ3) is 5.53. The van der Waals surface area contributed by atoms with Gasteiger partial charge in [0.1, 0.15) is 5.69 Å². The Morgan fingerprint density at radius 3 is 1.82 bits per heavy atom. The van der Waals surface area contributed by atoms with Gasteiger partial charge in [0.15, 0.2) is 9.84 Å². The van der Waals surface area contributed by atoms with Crippen LogP contribution in [0, 0.1) is 0 Å². The van der Waals surface area contributed by atoms with Gasteiger partial charge < -0.3 is 5.32 Å². The Morgan fingerprint density at radius 2 is 1.33 bits per heavy atom. The molecule has 3 aromatic carbocycles. The lowest BCUT2D eigenvalue weighted by molar-refractivity contribution is 0.146. The van der Waals surface area contributed by atoms with E-state index in [1.54, 1.807) is 60.7 Å². The van der Waals surface area contributed by atoms with Crippen molar-refractivity contribution in [3.8, 4) is 28.1 Å². The maximum Gasteiger partial charge on any atom is 0.282 e. The first kappa shape index (κ1) is 24.3. The molecule has 0 radical (unpaired) electrons. The fraction of sp³-hybridized carbons (Fsp3) is 0.160. The Kier molecular flexibility index (Phi) is 7.73. The Labute approximate surface area is 192 Å². The quantitative estimate of drug-likeness (QED) is 0.426. The number of benzene rings is 3. The van der Waals surface area contributed by atoms with E-state index < -0.39 is 16.3 Å². The van der Waals surface area contributed by atoms with Crippen LogP contribution in [0.4, 0.5) is 8.78 Å². The summed E-state index contributed by atoms with van der Waals surface area (Å²) in [5.41, 5.74) is 2.29. The van der Waals surface area contributed by atoms with E-state index in [1.165, 1.54) is 16.8 Å². The summed E-state index contributed by atoms with van der Waals surface area (Å²) in [5.74, 6) is 0. The zero-order chi connectivity index (χ0) is 24.0. The molecular weight excluding hydrogens is 444 g/mol. The smallest absolute Gasteiger partial charge is 0.282 e. The predicted octanol–water partition coefficient (Wildman–Crippen LogP) is 5.38. The molecule has 4 rings (SSSR count). The van der Waals surface area contributed by atoms with Gasteiger partial charge in [0, 0.05) is 17.4 Å². The standard InChI is InChI=1S/C23H18F2N2O2S.C2H7N/c1-30(28,29)19-14-12-17(13-15-19)22-20(16-8-4-2-5-9-16)21(23(24)25)26-27(22)18-10-6-3-7-11-18;1-3-2/h2-15,23H,1H3;3H,1-2H3. The lowest BCUT2D eigenvalue weighted by Crippen LogP contribution is -2.01. The molecule has 1 heterocycles. The third-order valence-corrected chi connectivity index (χ3v) is 5.87. The molecule has 0 unspecified atom stereocenters. The summed E-state index contributed by atoms with van der Waals surface area (Å²) in [6.45, 7) is 0. The first-order valence-corrected chi connectivity index (χ1v) is 12.1. The minimum atomic E-state index is -3.38. The average molecular weight is 470 g/mol. The number of alkyl halides is 2.